The summed E-state index contributed by atoms with van der Waals surface area (Å²) >= 11 is 0. The van der Waals surface area contributed by atoms with Crippen molar-refractivity contribution in [3.63, 3.8) is 0 Å². The summed E-state index contributed by atoms with van der Waals surface area (Å²) in [4.78, 5) is 42.4. The van der Waals surface area contributed by atoms with Gasteiger partial charge in [0, 0.05) is 121 Å². The summed E-state index contributed by atoms with van der Waals surface area (Å²) in [5.41, 5.74) is 10.2. The molecule has 3 aliphatic rings. The minimum Gasteiger partial charge on any atom is -0.507 e. The Morgan fingerprint density at radius 2 is 0.862 bits per heavy atom. The molecule has 0 atom stereocenters. The number of aldehydes is 2. The number of benzene rings is 2. The number of phenols is 3. The van der Waals surface area contributed by atoms with Crippen LogP contribution in [0, 0.1) is 12.8 Å². The van der Waals surface area contributed by atoms with Crippen LogP contribution < -0.4 is 10.3 Å². The van der Waals surface area contributed by atoms with Crippen LogP contribution in [0.5, 0.6) is 23.0 Å². The van der Waals surface area contributed by atoms with Gasteiger partial charge in [-0.1, -0.05) is 70.2 Å². The molecule has 0 radical (unpaired) electrons. The lowest BCUT2D eigenvalue weighted by molar-refractivity contribution is 0.00578. The van der Waals surface area contributed by atoms with E-state index in [-0.39, 0.29) is 95.9 Å². The van der Waals surface area contributed by atoms with E-state index in [2.05, 4.69) is 181 Å². The number of nitrogens with zero attached hydrogens (tertiary/aromatic N) is 15. The third-order valence-corrected chi connectivity index (χ3v) is 19.3. The number of aryl methyl sites for hydroxylation is 2. The van der Waals surface area contributed by atoms with Gasteiger partial charge in [0.15, 0.2) is 12.6 Å². The van der Waals surface area contributed by atoms with Crippen molar-refractivity contribution < 1.29 is 63.1 Å². The van der Waals surface area contributed by atoms with Crippen LogP contribution in [-0.4, -0.2) is 163 Å². The zero-order valence-corrected chi connectivity index (χ0v) is 76.6. The molecule has 2 aromatic carbocycles. The summed E-state index contributed by atoms with van der Waals surface area (Å²) < 4.78 is 44.2. The topological polar surface area (TPSA) is 344 Å². The number of aromatic hydroxyl groups is 3. The Morgan fingerprint density at radius 1 is 0.455 bits per heavy atom. The summed E-state index contributed by atoms with van der Waals surface area (Å²) in [5.74, 6) is 0.670. The van der Waals surface area contributed by atoms with Crippen molar-refractivity contribution in [1.82, 2.24) is 68.8 Å². The Bertz CT molecular complexity index is 4830. The van der Waals surface area contributed by atoms with Crippen molar-refractivity contribution in [3.8, 4) is 57.2 Å². The fourth-order valence-electron chi connectivity index (χ4n) is 11.4. The fraction of sp³-hybridized carbons (Fsp3) is 0.441. The molecule has 123 heavy (non-hydrogen) atoms. The maximum Gasteiger partial charge on any atom is 0.640 e. The average Bonchev–Trinajstić information content (AvgIpc) is 1.61. The molecule has 0 amide bonds. The van der Waals surface area contributed by atoms with Crippen molar-refractivity contribution in [2.45, 2.75) is 258 Å². The molecule has 30 heteroatoms. The lowest BCUT2D eigenvalue weighted by Gasteiger charge is -2.32. The molecule has 5 N–H and O–H groups in total. The Hall–Kier alpha value is -11.1. The second-order valence-electron chi connectivity index (χ2n) is 33.0. The van der Waals surface area contributed by atoms with Crippen LogP contribution in [0.2, 0.25) is 0 Å². The average molecular weight is 1690 g/mol. The number of rotatable bonds is 19. The number of hydrogen-bond donors (Lipinski definition) is 5. The summed E-state index contributed by atoms with van der Waals surface area (Å²) in [5, 5.41) is 66.8. The molecule has 0 aliphatic carbocycles. The van der Waals surface area contributed by atoms with E-state index < -0.39 is 7.32 Å². The number of aliphatic imine (C=N–C) groups is 1. The Labute approximate surface area is 728 Å². The molecule has 12 heterocycles. The molecule has 9 aromatic heterocycles. The molecule has 0 unspecified atom stereocenters. The molecule has 11 aromatic rings. The molecule has 0 saturated carbocycles. The van der Waals surface area contributed by atoms with Gasteiger partial charge in [-0.05, 0) is 254 Å². The normalized spacial score (nSPS) is 14.0. The number of pyridine rings is 4. The van der Waals surface area contributed by atoms with Gasteiger partial charge in [0.1, 0.15) is 29.6 Å². The minimum absolute atomic E-state index is 0.00749. The first-order valence-electron chi connectivity index (χ1n) is 41.7. The van der Waals surface area contributed by atoms with Crippen molar-refractivity contribution in [3.05, 3.63) is 228 Å². The van der Waals surface area contributed by atoms with Crippen molar-refractivity contribution in [2.24, 2.45) is 10.9 Å². The highest BCUT2D eigenvalue weighted by molar-refractivity contribution is 6.61. The molecule has 3 aliphatic heterocycles. The molecule has 14 rings (SSSR count). The lowest BCUT2D eigenvalue weighted by Crippen LogP contribution is -2.41. The van der Waals surface area contributed by atoms with Gasteiger partial charge in [0.2, 0.25) is 0 Å². The third-order valence-electron chi connectivity index (χ3n) is 19.3. The SMILES string of the molecule is C1=CCN=C1.CC(C)C.CC(C)OB1OC(C)(C)C(C)(C)O1.CC(C)n1cccn1.CC(C)n1nccc1-c1ncccc1CO.CC(C)n1nccc1-c1ncccc1COc1cccc(O)c1C=O.CC(C)n1nccc1B1OC(C)(C)C(C)(C)O1.CCc1cccnc1-c1ccnn1C(C)C.Cc1ncccc1CO.O=Cc1c(O)cccc1O. The quantitative estimate of drug-likeness (QED) is 0.0371. The Morgan fingerprint density at radius 3 is 1.23 bits per heavy atom. The molecule has 28 nitrogen and oxygen atoms in total. The van der Waals surface area contributed by atoms with E-state index in [1.54, 1.807) is 61.7 Å². The molecule has 0 spiro atoms. The number of aromatic nitrogens is 14. The van der Waals surface area contributed by atoms with E-state index in [0.717, 1.165) is 81.0 Å². The second kappa shape index (κ2) is 49.9. The van der Waals surface area contributed by atoms with Crippen LogP contribution >= 0.6 is 0 Å². The number of aliphatic hydroxyl groups is 2. The largest absolute Gasteiger partial charge is 0.640 e. The number of carbonyl (C=O) groups is 2. The predicted molar refractivity (Wildman–Crippen MR) is 487 cm³/mol. The van der Waals surface area contributed by atoms with Gasteiger partial charge in [-0.15, -0.1) is 0 Å². The summed E-state index contributed by atoms with van der Waals surface area (Å²) in [6.07, 6.45) is 25.8. The first-order valence-corrected chi connectivity index (χ1v) is 41.7. The van der Waals surface area contributed by atoms with Crippen molar-refractivity contribution in [1.29, 1.82) is 0 Å². The molecular weight excluding hydrogens is 1560 g/mol. The van der Waals surface area contributed by atoms with Gasteiger partial charge in [0.25, 0.3) is 0 Å². The zero-order valence-electron chi connectivity index (χ0n) is 76.6. The highest BCUT2D eigenvalue weighted by atomic mass is 16.8. The van der Waals surface area contributed by atoms with Gasteiger partial charge >= 0.3 is 14.4 Å². The smallest absolute Gasteiger partial charge is 0.507 e. The number of aliphatic hydroxyl groups excluding tert-OH is 2. The van der Waals surface area contributed by atoms with Crippen LogP contribution in [0.3, 0.4) is 0 Å². The van der Waals surface area contributed by atoms with Crippen LogP contribution in [0.25, 0.3) is 34.2 Å². The Balaban J connectivity index is 0.000000251. The number of hydrogen-bond acceptors (Lipinski definition) is 23. The maximum absolute atomic E-state index is 11.2. The van der Waals surface area contributed by atoms with E-state index in [1.807, 2.05) is 175 Å². The molecule has 662 valence electrons. The van der Waals surface area contributed by atoms with Crippen LogP contribution in [0.1, 0.15) is 245 Å². The van der Waals surface area contributed by atoms with Gasteiger partial charge in [-0.3, -0.25) is 57.9 Å². The molecule has 0 bridgehead atoms. The highest BCUT2D eigenvalue weighted by Crippen LogP contribution is 2.39. The number of allylic oxidation sites excluding steroid dienone is 1. The fourth-order valence-corrected chi connectivity index (χ4v) is 11.4. The van der Waals surface area contributed by atoms with Gasteiger partial charge in [0.05, 0.1) is 93.0 Å². The van der Waals surface area contributed by atoms with Crippen molar-refractivity contribution in [2.75, 3.05) is 6.54 Å². The van der Waals surface area contributed by atoms with Crippen LogP contribution in [0.15, 0.2) is 194 Å². The number of phenolic OH excluding ortho intramolecular Hbond substituents is 3. The number of ether oxygens (including phenoxy) is 1. The first-order chi connectivity index (χ1) is 58.2. The maximum atomic E-state index is 11.2. The van der Waals surface area contributed by atoms with Crippen LogP contribution in [-0.2, 0) is 49.5 Å². The van der Waals surface area contributed by atoms with E-state index in [0.29, 0.717) is 36.4 Å². The van der Waals surface area contributed by atoms with E-state index in [9.17, 15) is 19.8 Å². The summed E-state index contributed by atoms with van der Waals surface area (Å²) in [6, 6.07) is 35.5. The van der Waals surface area contributed by atoms with E-state index in [1.165, 1.54) is 29.8 Å². The van der Waals surface area contributed by atoms with Crippen molar-refractivity contribution >= 4 is 38.8 Å². The zero-order chi connectivity index (χ0) is 91.4. The Kier molecular flexibility index (Phi) is 41.5. The summed E-state index contributed by atoms with van der Waals surface area (Å²) in [6.45, 7) is 52.8. The molecular formula is C93H131B2N15O13. The standard InChI is InChI=1S/C19H19N3O3.C13H17N3.C12H21BN2O2.C12H15N3O.C9H19BO3.C7H9NO.C7H6O3.C6H10N2.C4H5N.C4H10/c1-13(2)22-16(8-10-21-22)19-14(5-4-9-20-19)12-25-18-7-3-6-17(24)15(18)11-23;1-4-11-6-5-8-14-13(11)12-7-9-15-16(12)10(2)3;1-9(2)15-10(7-8-14-15)13-16-11(3,4)12(5,6)17-13;1-9(2)15-11(5-7-14-15)12-10(8-16)4-3-6-13-12;1-7(2)11-10-12-8(3,4)9(5,6)13-10;1-6-7(5-9)3-2-4-8-6;8-4-5-6(9)2-1-3-7(5)10;1-6(2)8-5-3-4-7-8;1-2-4-5-3-1;1-4(2)3/h3-11,13,24H,12H2,1-2H3;5-10H,4H2,1-3H3;7-9H,1-6H3;3-7,9,16H,8H2,1-2H3;7H,1-6H3;2-4,9H,5H2,1H3;1-4,9-10H;3-6H,1-2H3;1-3H,4H2;4H,1-3H3. The summed E-state index contributed by atoms with van der Waals surface area (Å²) in [7, 11) is -0.852. The second-order valence-corrected chi connectivity index (χ2v) is 33.0. The predicted octanol–water partition coefficient (Wildman–Crippen LogP) is 18.0. The van der Waals surface area contributed by atoms with Crippen LogP contribution in [0.4, 0.5) is 0 Å². The third kappa shape index (κ3) is 31.0. The first kappa shape index (κ1) is 102. The monoisotopic (exact) mass is 1690 g/mol. The highest BCUT2D eigenvalue weighted by Gasteiger charge is 2.54. The van der Waals surface area contributed by atoms with Gasteiger partial charge < -0.3 is 53.5 Å². The molecule has 2 saturated heterocycles. The van der Waals surface area contributed by atoms with E-state index >= 15 is 0 Å². The van der Waals surface area contributed by atoms with E-state index in [4.69, 9.17) is 43.3 Å². The molecule has 2 fully saturated rings. The lowest BCUT2D eigenvalue weighted by atomic mass is 9.84. The minimum atomic E-state index is -0.523. The number of carbonyl (C=O) groups excluding carboxylic acids is 2. The van der Waals surface area contributed by atoms with Gasteiger partial charge in [-0.25, -0.2) is 0 Å². The van der Waals surface area contributed by atoms with Gasteiger partial charge in [-0.2, -0.15) is 25.5 Å².